The molecule has 6 heteroatoms. The molecule has 0 aliphatic carbocycles. The van der Waals surface area contributed by atoms with E-state index in [0.717, 1.165) is 16.5 Å². The summed E-state index contributed by atoms with van der Waals surface area (Å²) in [4.78, 5) is 4.15. The van der Waals surface area contributed by atoms with Gasteiger partial charge in [0.05, 0.1) is 13.2 Å². The molecule has 2 aromatic heterocycles. The van der Waals surface area contributed by atoms with Crippen LogP contribution in [0.2, 0.25) is 0 Å². The third kappa shape index (κ3) is 3.35. The van der Waals surface area contributed by atoms with Crippen molar-refractivity contribution in [1.82, 2.24) is 19.7 Å². The molecule has 0 amide bonds. The van der Waals surface area contributed by atoms with E-state index < -0.39 is 0 Å². The number of hydrogen-bond donors (Lipinski definition) is 1. The van der Waals surface area contributed by atoms with Crippen LogP contribution in [0, 0.1) is 0 Å². The van der Waals surface area contributed by atoms with E-state index in [4.69, 9.17) is 5.11 Å². The SMILES string of the molecule is OCCSc1nnc(-c2cccnc2)n1Cc1ccccc1. The lowest BCUT2D eigenvalue weighted by atomic mass is 10.2. The van der Waals surface area contributed by atoms with Crippen molar-refractivity contribution >= 4 is 11.8 Å². The Labute approximate surface area is 133 Å². The van der Waals surface area contributed by atoms with Crippen LogP contribution in [0.15, 0.2) is 60.0 Å². The molecule has 5 nitrogen and oxygen atoms in total. The van der Waals surface area contributed by atoms with Gasteiger partial charge in [-0.25, -0.2) is 0 Å². The van der Waals surface area contributed by atoms with Crippen molar-refractivity contribution in [3.05, 3.63) is 60.4 Å². The van der Waals surface area contributed by atoms with Gasteiger partial charge in [-0.2, -0.15) is 0 Å². The van der Waals surface area contributed by atoms with Gasteiger partial charge in [-0.3, -0.25) is 9.55 Å². The minimum atomic E-state index is 0.116. The second-order valence-corrected chi connectivity index (χ2v) is 5.75. The Bertz CT molecular complexity index is 716. The second-order valence-electron chi connectivity index (χ2n) is 4.69. The molecule has 0 radical (unpaired) electrons. The van der Waals surface area contributed by atoms with Crippen molar-refractivity contribution < 1.29 is 5.11 Å². The Kier molecular flexibility index (Phi) is 4.82. The van der Waals surface area contributed by atoms with E-state index in [1.54, 1.807) is 12.4 Å². The number of nitrogens with zero attached hydrogens (tertiary/aromatic N) is 4. The first-order valence-electron chi connectivity index (χ1n) is 6.99. The lowest BCUT2D eigenvalue weighted by Gasteiger charge is -2.10. The molecule has 0 bridgehead atoms. The Hall–Kier alpha value is -2.18. The van der Waals surface area contributed by atoms with Gasteiger partial charge in [-0.1, -0.05) is 42.1 Å². The van der Waals surface area contributed by atoms with Crippen molar-refractivity contribution in [3.63, 3.8) is 0 Å². The van der Waals surface area contributed by atoms with E-state index in [0.29, 0.717) is 12.3 Å². The summed E-state index contributed by atoms with van der Waals surface area (Å²) >= 11 is 1.50. The fourth-order valence-electron chi connectivity index (χ4n) is 2.15. The van der Waals surface area contributed by atoms with Crippen molar-refractivity contribution in [2.75, 3.05) is 12.4 Å². The lowest BCUT2D eigenvalue weighted by molar-refractivity contribution is 0.322. The zero-order valence-electron chi connectivity index (χ0n) is 12.0. The highest BCUT2D eigenvalue weighted by molar-refractivity contribution is 7.99. The minimum Gasteiger partial charge on any atom is -0.396 e. The molecule has 0 aliphatic rings. The molecule has 0 saturated heterocycles. The molecular formula is C16H16N4OS. The number of rotatable bonds is 6. The number of benzene rings is 1. The number of thioether (sulfide) groups is 1. The summed E-state index contributed by atoms with van der Waals surface area (Å²) < 4.78 is 2.06. The molecule has 0 spiro atoms. The third-order valence-electron chi connectivity index (χ3n) is 3.14. The van der Waals surface area contributed by atoms with E-state index in [-0.39, 0.29) is 6.61 Å². The summed E-state index contributed by atoms with van der Waals surface area (Å²) in [5.74, 6) is 1.39. The summed E-state index contributed by atoms with van der Waals surface area (Å²) in [5, 5.41) is 18.4. The van der Waals surface area contributed by atoms with E-state index >= 15 is 0 Å². The molecule has 0 aliphatic heterocycles. The Morgan fingerprint density at radius 2 is 1.91 bits per heavy atom. The number of aromatic nitrogens is 4. The van der Waals surface area contributed by atoms with Gasteiger partial charge in [0.25, 0.3) is 0 Å². The minimum absolute atomic E-state index is 0.116. The first kappa shape index (κ1) is 14.7. The maximum absolute atomic E-state index is 9.04. The molecule has 3 aromatic rings. The zero-order valence-corrected chi connectivity index (χ0v) is 12.8. The normalized spacial score (nSPS) is 10.8. The van der Waals surface area contributed by atoms with Gasteiger partial charge in [-0.05, 0) is 17.7 Å². The predicted octanol–water partition coefficient (Wildman–Crippen LogP) is 2.47. The smallest absolute Gasteiger partial charge is 0.191 e. The first-order valence-corrected chi connectivity index (χ1v) is 7.98. The lowest BCUT2D eigenvalue weighted by Crippen LogP contribution is -2.04. The van der Waals surface area contributed by atoms with E-state index in [1.807, 2.05) is 30.3 Å². The van der Waals surface area contributed by atoms with E-state index in [2.05, 4.69) is 31.9 Å². The van der Waals surface area contributed by atoms with Crippen molar-refractivity contribution in [2.24, 2.45) is 0 Å². The van der Waals surface area contributed by atoms with Crippen LogP contribution < -0.4 is 0 Å². The van der Waals surface area contributed by atoms with Crippen molar-refractivity contribution in [2.45, 2.75) is 11.7 Å². The van der Waals surface area contributed by atoms with Gasteiger partial charge in [0.1, 0.15) is 0 Å². The largest absolute Gasteiger partial charge is 0.396 e. The van der Waals surface area contributed by atoms with Crippen molar-refractivity contribution in [3.8, 4) is 11.4 Å². The summed E-state index contributed by atoms with van der Waals surface area (Å²) in [7, 11) is 0. The summed E-state index contributed by atoms with van der Waals surface area (Å²) in [5.41, 5.74) is 2.11. The Balaban J connectivity index is 1.98. The topological polar surface area (TPSA) is 63.8 Å². The molecule has 1 N–H and O–H groups in total. The highest BCUT2D eigenvalue weighted by Crippen LogP contribution is 2.24. The molecule has 112 valence electrons. The van der Waals surface area contributed by atoms with Gasteiger partial charge in [-0.15, -0.1) is 10.2 Å². The Morgan fingerprint density at radius 3 is 2.64 bits per heavy atom. The van der Waals surface area contributed by atoms with Gasteiger partial charge in [0, 0.05) is 23.7 Å². The fraction of sp³-hybridized carbons (Fsp3) is 0.188. The fourth-order valence-corrected chi connectivity index (χ4v) is 2.83. The zero-order chi connectivity index (χ0) is 15.2. The third-order valence-corrected chi connectivity index (χ3v) is 4.09. The number of aliphatic hydroxyl groups is 1. The van der Waals surface area contributed by atoms with Crippen LogP contribution in [-0.4, -0.2) is 37.2 Å². The average molecular weight is 312 g/mol. The quantitative estimate of drug-likeness (QED) is 0.708. The van der Waals surface area contributed by atoms with Crippen LogP contribution in [0.3, 0.4) is 0 Å². The highest BCUT2D eigenvalue weighted by Gasteiger charge is 2.14. The number of pyridine rings is 1. The van der Waals surface area contributed by atoms with Crippen LogP contribution in [0.4, 0.5) is 0 Å². The summed E-state index contributed by atoms with van der Waals surface area (Å²) in [6, 6.07) is 14.0. The van der Waals surface area contributed by atoms with Crippen LogP contribution in [-0.2, 0) is 6.54 Å². The molecule has 1 aromatic carbocycles. The van der Waals surface area contributed by atoms with Gasteiger partial charge >= 0.3 is 0 Å². The Morgan fingerprint density at radius 1 is 1.05 bits per heavy atom. The molecule has 0 fully saturated rings. The molecule has 3 rings (SSSR count). The standard InChI is InChI=1S/C16H16N4OS/c21-9-10-22-16-19-18-15(14-7-4-8-17-11-14)20(16)12-13-5-2-1-3-6-13/h1-8,11,21H,9-10,12H2. The molecule has 0 atom stereocenters. The average Bonchev–Trinajstić information content (AvgIpc) is 2.97. The second kappa shape index (κ2) is 7.20. The molecule has 2 heterocycles. The van der Waals surface area contributed by atoms with Gasteiger partial charge < -0.3 is 5.11 Å². The molecule has 0 unspecified atom stereocenters. The first-order chi connectivity index (χ1) is 10.9. The van der Waals surface area contributed by atoms with Crippen LogP contribution in [0.5, 0.6) is 0 Å². The number of hydrogen-bond acceptors (Lipinski definition) is 5. The summed E-state index contributed by atoms with van der Waals surface area (Å²) in [6.07, 6.45) is 3.52. The van der Waals surface area contributed by atoms with E-state index in [9.17, 15) is 0 Å². The van der Waals surface area contributed by atoms with E-state index in [1.165, 1.54) is 17.3 Å². The predicted molar refractivity (Wildman–Crippen MR) is 86.6 cm³/mol. The molecule has 22 heavy (non-hydrogen) atoms. The maximum Gasteiger partial charge on any atom is 0.191 e. The maximum atomic E-state index is 9.04. The van der Waals surface area contributed by atoms with Gasteiger partial charge in [0.15, 0.2) is 11.0 Å². The highest BCUT2D eigenvalue weighted by atomic mass is 32.2. The van der Waals surface area contributed by atoms with Crippen LogP contribution in [0.25, 0.3) is 11.4 Å². The summed E-state index contributed by atoms with van der Waals surface area (Å²) in [6.45, 7) is 0.802. The number of aliphatic hydroxyl groups excluding tert-OH is 1. The molecular weight excluding hydrogens is 296 g/mol. The van der Waals surface area contributed by atoms with Crippen LogP contribution in [0.1, 0.15) is 5.56 Å². The van der Waals surface area contributed by atoms with Crippen LogP contribution >= 0.6 is 11.8 Å². The monoisotopic (exact) mass is 312 g/mol. The van der Waals surface area contributed by atoms with Gasteiger partial charge in [0.2, 0.25) is 0 Å². The van der Waals surface area contributed by atoms with Crippen molar-refractivity contribution in [1.29, 1.82) is 0 Å². The molecule has 0 saturated carbocycles.